The molecule has 0 radical (unpaired) electrons. The predicted octanol–water partition coefficient (Wildman–Crippen LogP) is 5.42. The van der Waals surface area contributed by atoms with E-state index in [0.29, 0.717) is 33.8 Å². The second-order valence-electron chi connectivity index (χ2n) is 7.90. The summed E-state index contributed by atoms with van der Waals surface area (Å²) in [6.07, 6.45) is 6.55. The number of rotatable bonds is 3. The van der Waals surface area contributed by atoms with E-state index in [4.69, 9.17) is 0 Å². The average molecular weight is 446 g/mol. The first-order chi connectivity index (χ1) is 15.5. The van der Waals surface area contributed by atoms with Gasteiger partial charge in [0.05, 0.1) is 17.4 Å². The number of imidazole rings is 1. The van der Waals surface area contributed by atoms with Gasteiger partial charge in [-0.25, -0.2) is 14.4 Å². The van der Waals surface area contributed by atoms with Crippen molar-refractivity contribution >= 4 is 28.2 Å². The molecule has 1 atom stereocenters. The highest BCUT2D eigenvalue weighted by atomic mass is 32.1. The Kier molecular flexibility index (Phi) is 3.94. The number of aromatic nitrogens is 5. The number of pyridine rings is 3. The van der Waals surface area contributed by atoms with Crippen molar-refractivity contribution in [2.45, 2.75) is 19.4 Å². The molecule has 1 unspecified atom stereocenters. The van der Waals surface area contributed by atoms with E-state index in [1.165, 1.54) is 6.07 Å². The number of thiophene rings is 1. The van der Waals surface area contributed by atoms with Crippen molar-refractivity contribution < 1.29 is 8.78 Å². The van der Waals surface area contributed by atoms with E-state index in [1.54, 1.807) is 30.9 Å². The summed E-state index contributed by atoms with van der Waals surface area (Å²) in [6, 6.07) is 6.79. The second kappa shape index (κ2) is 6.64. The van der Waals surface area contributed by atoms with Gasteiger partial charge in [-0.1, -0.05) is 0 Å². The van der Waals surface area contributed by atoms with Gasteiger partial charge in [0.1, 0.15) is 17.1 Å². The minimum atomic E-state index is -0.897. The first-order valence-corrected chi connectivity index (χ1v) is 10.8. The standard InChI is InChI=1S/C23H16F2N6S/c1-11-5-7-26-9-13(11)19-18(25)17-14(10-28-19)31-23(17,2)22-29-20-12(6-8-27-21(20)30-22)15-3-4-16(24)32-15/h3-10,31H,1-2H3,(H,27,29,30). The monoisotopic (exact) mass is 446 g/mol. The number of H-pyrrole nitrogens is 1. The molecule has 0 saturated carbocycles. The molecule has 1 aliphatic heterocycles. The van der Waals surface area contributed by atoms with Crippen LogP contribution in [0.5, 0.6) is 0 Å². The number of hydrogen-bond donors (Lipinski definition) is 2. The molecular formula is C23H16F2N6S. The quantitative estimate of drug-likeness (QED) is 0.387. The van der Waals surface area contributed by atoms with Gasteiger partial charge in [-0.05, 0) is 43.7 Å². The third kappa shape index (κ3) is 2.61. The minimum absolute atomic E-state index is 0.256. The maximum absolute atomic E-state index is 15.7. The Morgan fingerprint density at radius 1 is 1.00 bits per heavy atom. The van der Waals surface area contributed by atoms with E-state index in [1.807, 2.05) is 26.0 Å². The van der Waals surface area contributed by atoms with Crippen molar-refractivity contribution in [2.75, 3.05) is 5.32 Å². The number of halogens is 2. The lowest BCUT2D eigenvalue weighted by Crippen LogP contribution is -2.44. The summed E-state index contributed by atoms with van der Waals surface area (Å²) in [5.41, 5.74) is 3.96. The maximum Gasteiger partial charge on any atom is 0.178 e. The Morgan fingerprint density at radius 3 is 2.66 bits per heavy atom. The number of aryl methyl sites for hydroxylation is 1. The Bertz CT molecular complexity index is 1520. The Morgan fingerprint density at radius 2 is 1.88 bits per heavy atom. The van der Waals surface area contributed by atoms with Gasteiger partial charge < -0.3 is 10.3 Å². The van der Waals surface area contributed by atoms with E-state index in [9.17, 15) is 4.39 Å². The molecule has 0 fully saturated rings. The minimum Gasteiger partial charge on any atom is -0.367 e. The Balaban J connectivity index is 1.50. The van der Waals surface area contributed by atoms with Crippen LogP contribution in [0.4, 0.5) is 14.5 Å². The maximum atomic E-state index is 15.7. The molecule has 0 saturated heterocycles. The molecule has 0 aromatic carbocycles. The molecule has 0 spiro atoms. The summed E-state index contributed by atoms with van der Waals surface area (Å²) in [6.45, 7) is 3.76. The summed E-state index contributed by atoms with van der Waals surface area (Å²) in [7, 11) is 0. The number of nitrogens with one attached hydrogen (secondary N) is 2. The lowest BCUT2D eigenvalue weighted by molar-refractivity contribution is 0.508. The molecule has 1 aliphatic rings. The zero-order valence-corrected chi connectivity index (χ0v) is 17.9. The summed E-state index contributed by atoms with van der Waals surface area (Å²) in [5, 5.41) is 3.01. The first kappa shape index (κ1) is 19.0. The average Bonchev–Trinajstić information content (AvgIpc) is 3.39. The fraction of sp³-hybridized carbons (Fsp3) is 0.130. The molecule has 6 nitrogen and oxygen atoms in total. The van der Waals surface area contributed by atoms with E-state index in [-0.39, 0.29) is 10.8 Å². The van der Waals surface area contributed by atoms with E-state index in [0.717, 1.165) is 27.3 Å². The van der Waals surface area contributed by atoms with E-state index in [2.05, 4.69) is 30.2 Å². The van der Waals surface area contributed by atoms with Gasteiger partial charge in [0.25, 0.3) is 0 Å². The van der Waals surface area contributed by atoms with Gasteiger partial charge in [-0.3, -0.25) is 9.97 Å². The number of anilines is 1. The Hall–Kier alpha value is -3.72. The molecule has 0 amide bonds. The fourth-order valence-electron chi connectivity index (χ4n) is 4.23. The summed E-state index contributed by atoms with van der Waals surface area (Å²) >= 11 is 1.05. The third-order valence-corrected chi connectivity index (χ3v) is 6.81. The van der Waals surface area contributed by atoms with Crippen LogP contribution in [0.1, 0.15) is 23.9 Å². The first-order valence-electron chi connectivity index (χ1n) is 9.95. The van der Waals surface area contributed by atoms with Crippen molar-refractivity contribution in [3.8, 4) is 21.7 Å². The lowest BCUT2D eigenvalue weighted by Gasteiger charge is -2.41. The molecule has 158 valence electrons. The number of aromatic amines is 1. The number of fused-ring (bicyclic) bond motifs is 2. The van der Waals surface area contributed by atoms with Gasteiger partial charge >= 0.3 is 0 Å². The Labute approximate surface area is 185 Å². The fourth-order valence-corrected chi connectivity index (χ4v) is 4.99. The van der Waals surface area contributed by atoms with Crippen LogP contribution in [-0.4, -0.2) is 24.9 Å². The molecule has 32 heavy (non-hydrogen) atoms. The molecule has 5 aromatic rings. The van der Waals surface area contributed by atoms with Gasteiger partial charge in [0.15, 0.2) is 16.6 Å². The van der Waals surface area contributed by atoms with Crippen LogP contribution in [0.15, 0.2) is 49.1 Å². The van der Waals surface area contributed by atoms with Crippen molar-refractivity contribution in [3.63, 3.8) is 0 Å². The van der Waals surface area contributed by atoms with E-state index < -0.39 is 11.4 Å². The highest BCUT2D eigenvalue weighted by Gasteiger charge is 2.46. The molecule has 2 N–H and O–H groups in total. The van der Waals surface area contributed by atoms with Crippen LogP contribution in [-0.2, 0) is 5.54 Å². The van der Waals surface area contributed by atoms with Crippen molar-refractivity contribution in [1.29, 1.82) is 0 Å². The summed E-state index contributed by atoms with van der Waals surface area (Å²) < 4.78 is 29.3. The normalized spacial score (nSPS) is 17.1. The van der Waals surface area contributed by atoms with Crippen LogP contribution in [0.3, 0.4) is 0 Å². The van der Waals surface area contributed by atoms with Gasteiger partial charge in [-0.2, -0.15) is 4.39 Å². The third-order valence-electron chi connectivity index (χ3n) is 5.90. The topological polar surface area (TPSA) is 79.4 Å². The summed E-state index contributed by atoms with van der Waals surface area (Å²) in [4.78, 5) is 21.5. The largest absolute Gasteiger partial charge is 0.367 e. The molecular weight excluding hydrogens is 430 g/mol. The highest BCUT2D eigenvalue weighted by molar-refractivity contribution is 7.14. The SMILES string of the molecule is Cc1ccncc1-c1ncc2c(c1F)C(C)(c1nc3nccc(-c4ccc(F)s4)c3[nH]1)N2. The van der Waals surface area contributed by atoms with Crippen LogP contribution >= 0.6 is 11.3 Å². The highest BCUT2D eigenvalue weighted by Crippen LogP contribution is 2.48. The second-order valence-corrected chi connectivity index (χ2v) is 8.93. The van der Waals surface area contributed by atoms with Crippen LogP contribution < -0.4 is 5.32 Å². The number of nitrogens with zero attached hydrogens (tertiary/aromatic N) is 4. The molecule has 5 aromatic heterocycles. The van der Waals surface area contributed by atoms with Crippen LogP contribution in [0.2, 0.25) is 0 Å². The van der Waals surface area contributed by atoms with Gasteiger partial charge in [-0.15, -0.1) is 11.3 Å². The van der Waals surface area contributed by atoms with Gasteiger partial charge in [0, 0.05) is 40.2 Å². The molecule has 6 heterocycles. The van der Waals surface area contributed by atoms with Crippen molar-refractivity contribution in [1.82, 2.24) is 24.9 Å². The van der Waals surface area contributed by atoms with Crippen LogP contribution in [0, 0.1) is 17.9 Å². The number of hydrogen-bond acceptors (Lipinski definition) is 6. The zero-order valence-electron chi connectivity index (χ0n) is 17.1. The van der Waals surface area contributed by atoms with E-state index >= 15 is 4.39 Å². The predicted molar refractivity (Wildman–Crippen MR) is 119 cm³/mol. The molecule has 9 heteroatoms. The molecule has 0 bridgehead atoms. The molecule has 0 aliphatic carbocycles. The van der Waals surface area contributed by atoms with Crippen LogP contribution in [0.25, 0.3) is 32.9 Å². The van der Waals surface area contributed by atoms with Gasteiger partial charge in [0.2, 0.25) is 0 Å². The van der Waals surface area contributed by atoms with Crippen molar-refractivity contribution in [2.24, 2.45) is 0 Å². The van der Waals surface area contributed by atoms with Crippen molar-refractivity contribution in [3.05, 3.63) is 77.0 Å². The zero-order chi connectivity index (χ0) is 22.0. The summed E-state index contributed by atoms with van der Waals surface area (Å²) in [5.74, 6) is 0.116. The molecule has 6 rings (SSSR count). The lowest BCUT2D eigenvalue weighted by atomic mass is 9.81. The smallest absolute Gasteiger partial charge is 0.178 e.